The molecule has 1 aliphatic rings. The van der Waals surface area contributed by atoms with E-state index < -0.39 is 5.82 Å². The predicted molar refractivity (Wildman–Crippen MR) is 118 cm³/mol. The third kappa shape index (κ3) is 3.74. The Morgan fingerprint density at radius 2 is 1.87 bits per heavy atom. The summed E-state index contributed by atoms with van der Waals surface area (Å²) in [5.74, 6) is 0.0833. The lowest BCUT2D eigenvalue weighted by Crippen LogP contribution is -2.32. The van der Waals surface area contributed by atoms with Crippen LogP contribution in [-0.4, -0.2) is 38.4 Å². The van der Waals surface area contributed by atoms with Crippen molar-refractivity contribution >= 4 is 17.5 Å². The lowest BCUT2D eigenvalue weighted by Gasteiger charge is -2.16. The first kappa shape index (κ1) is 19.2. The maximum absolute atomic E-state index is 14.6. The SMILES string of the molecule is Cc1ccccc1-c1cnc2nc(-c3cc(NC(=O)N4CCCC4)ccc3F)cn2c1. The van der Waals surface area contributed by atoms with Crippen LogP contribution in [0.3, 0.4) is 0 Å². The van der Waals surface area contributed by atoms with Crippen molar-refractivity contribution < 1.29 is 9.18 Å². The largest absolute Gasteiger partial charge is 0.325 e. The predicted octanol–water partition coefficient (Wildman–Crippen LogP) is 5.14. The van der Waals surface area contributed by atoms with Crippen LogP contribution in [0.1, 0.15) is 18.4 Å². The fraction of sp³-hybridized carbons (Fsp3) is 0.208. The molecule has 1 saturated heterocycles. The van der Waals surface area contributed by atoms with Gasteiger partial charge in [0.15, 0.2) is 0 Å². The number of carbonyl (C=O) groups is 1. The summed E-state index contributed by atoms with van der Waals surface area (Å²) in [5, 5.41) is 2.86. The molecule has 0 saturated carbocycles. The van der Waals surface area contributed by atoms with E-state index in [-0.39, 0.29) is 6.03 Å². The van der Waals surface area contributed by atoms with E-state index in [1.165, 1.54) is 6.07 Å². The van der Waals surface area contributed by atoms with Gasteiger partial charge in [-0.25, -0.2) is 19.2 Å². The van der Waals surface area contributed by atoms with Crippen molar-refractivity contribution in [2.75, 3.05) is 18.4 Å². The van der Waals surface area contributed by atoms with E-state index in [0.29, 0.717) is 22.7 Å². The number of hydrogen-bond acceptors (Lipinski definition) is 3. The molecule has 7 heteroatoms. The molecule has 1 fully saturated rings. The van der Waals surface area contributed by atoms with Crippen molar-refractivity contribution in [2.45, 2.75) is 19.8 Å². The van der Waals surface area contributed by atoms with E-state index in [1.807, 2.05) is 24.4 Å². The number of amides is 2. The fourth-order valence-corrected chi connectivity index (χ4v) is 3.97. The third-order valence-electron chi connectivity index (χ3n) is 5.65. The minimum absolute atomic E-state index is 0.158. The average molecular weight is 415 g/mol. The molecule has 0 radical (unpaired) electrons. The number of imidazole rings is 1. The minimum Gasteiger partial charge on any atom is -0.325 e. The van der Waals surface area contributed by atoms with Crippen LogP contribution >= 0.6 is 0 Å². The van der Waals surface area contributed by atoms with E-state index in [9.17, 15) is 9.18 Å². The summed E-state index contributed by atoms with van der Waals surface area (Å²) >= 11 is 0. The molecule has 2 aromatic carbocycles. The Kier molecular flexibility index (Phi) is 4.86. The van der Waals surface area contributed by atoms with Crippen molar-refractivity contribution in [1.82, 2.24) is 19.3 Å². The molecule has 4 aromatic rings. The summed E-state index contributed by atoms with van der Waals surface area (Å²) in [7, 11) is 0. The Morgan fingerprint density at radius 3 is 2.68 bits per heavy atom. The summed E-state index contributed by atoms with van der Waals surface area (Å²) in [5.41, 5.74) is 4.52. The van der Waals surface area contributed by atoms with Gasteiger partial charge >= 0.3 is 6.03 Å². The first-order valence-corrected chi connectivity index (χ1v) is 10.3. The van der Waals surface area contributed by atoms with Crippen molar-refractivity contribution in [2.24, 2.45) is 0 Å². The molecule has 1 aliphatic heterocycles. The minimum atomic E-state index is -0.401. The van der Waals surface area contributed by atoms with Crippen LogP contribution in [0, 0.1) is 12.7 Å². The number of fused-ring (bicyclic) bond motifs is 1. The molecule has 156 valence electrons. The van der Waals surface area contributed by atoms with Gasteiger partial charge in [0.25, 0.3) is 0 Å². The summed E-state index contributed by atoms with van der Waals surface area (Å²) in [6, 6.07) is 12.5. The van der Waals surface area contributed by atoms with Gasteiger partial charge in [-0.2, -0.15) is 0 Å². The maximum Gasteiger partial charge on any atom is 0.321 e. The number of aromatic nitrogens is 3. The van der Waals surface area contributed by atoms with Gasteiger partial charge in [0, 0.05) is 48.5 Å². The van der Waals surface area contributed by atoms with Gasteiger partial charge in [0.05, 0.1) is 5.69 Å². The molecule has 2 amide bonds. The molecule has 6 nitrogen and oxygen atoms in total. The molecule has 3 heterocycles. The first-order chi connectivity index (χ1) is 15.1. The molecule has 31 heavy (non-hydrogen) atoms. The zero-order chi connectivity index (χ0) is 21.4. The standard InChI is InChI=1S/C24H22FN5O/c1-16-6-2-3-7-19(16)17-13-26-23-28-22(15-30(23)14-17)20-12-18(8-9-21(20)25)27-24(31)29-10-4-5-11-29/h2-3,6-9,12-15H,4-5,10-11H2,1H3,(H,27,31). The summed E-state index contributed by atoms with van der Waals surface area (Å²) in [4.78, 5) is 23.1. The summed E-state index contributed by atoms with van der Waals surface area (Å²) < 4.78 is 16.4. The summed E-state index contributed by atoms with van der Waals surface area (Å²) in [6.45, 7) is 3.55. The van der Waals surface area contributed by atoms with Crippen LogP contribution in [0.2, 0.25) is 0 Å². The van der Waals surface area contributed by atoms with E-state index in [4.69, 9.17) is 0 Å². The summed E-state index contributed by atoms with van der Waals surface area (Å²) in [6.07, 6.45) is 7.51. The Morgan fingerprint density at radius 1 is 1.06 bits per heavy atom. The van der Waals surface area contributed by atoms with Gasteiger partial charge in [-0.1, -0.05) is 24.3 Å². The quantitative estimate of drug-likeness (QED) is 0.504. The molecule has 1 N–H and O–H groups in total. The van der Waals surface area contributed by atoms with Crippen molar-refractivity contribution in [3.8, 4) is 22.4 Å². The number of nitrogens with zero attached hydrogens (tertiary/aromatic N) is 4. The highest BCUT2D eigenvalue weighted by Gasteiger charge is 2.19. The molecule has 5 rings (SSSR count). The average Bonchev–Trinajstić information content (AvgIpc) is 3.45. The first-order valence-electron chi connectivity index (χ1n) is 10.3. The second-order valence-corrected chi connectivity index (χ2v) is 7.81. The fourth-order valence-electron chi connectivity index (χ4n) is 3.97. The lowest BCUT2D eigenvalue weighted by molar-refractivity contribution is 0.222. The number of halogens is 1. The Labute approximate surface area is 179 Å². The highest BCUT2D eigenvalue weighted by atomic mass is 19.1. The molecule has 0 atom stereocenters. The molecule has 0 spiro atoms. The molecule has 0 unspecified atom stereocenters. The topological polar surface area (TPSA) is 62.5 Å². The third-order valence-corrected chi connectivity index (χ3v) is 5.65. The van der Waals surface area contributed by atoms with Crippen LogP contribution in [0.4, 0.5) is 14.9 Å². The van der Waals surface area contributed by atoms with E-state index in [2.05, 4.69) is 28.3 Å². The number of benzene rings is 2. The van der Waals surface area contributed by atoms with Crippen LogP contribution < -0.4 is 5.32 Å². The van der Waals surface area contributed by atoms with E-state index in [0.717, 1.165) is 42.6 Å². The Hall–Kier alpha value is -3.74. The van der Waals surface area contributed by atoms with Crippen molar-refractivity contribution in [1.29, 1.82) is 0 Å². The van der Waals surface area contributed by atoms with E-state index in [1.54, 1.807) is 33.8 Å². The smallest absolute Gasteiger partial charge is 0.321 e. The number of rotatable bonds is 3. The second-order valence-electron chi connectivity index (χ2n) is 7.81. The van der Waals surface area contributed by atoms with Gasteiger partial charge in [-0.3, -0.25) is 4.40 Å². The normalized spacial score (nSPS) is 13.7. The Bertz CT molecular complexity index is 1280. The maximum atomic E-state index is 14.6. The highest BCUT2D eigenvalue weighted by Crippen LogP contribution is 2.28. The van der Waals surface area contributed by atoms with Crippen LogP contribution in [0.15, 0.2) is 61.1 Å². The number of likely N-dealkylation sites (tertiary alicyclic amines) is 1. The Balaban J connectivity index is 1.47. The number of nitrogens with one attached hydrogen (secondary N) is 1. The molecular formula is C24H22FN5O. The number of hydrogen-bond donors (Lipinski definition) is 1. The highest BCUT2D eigenvalue weighted by molar-refractivity contribution is 5.90. The van der Waals surface area contributed by atoms with Crippen LogP contribution in [0.5, 0.6) is 0 Å². The number of aryl methyl sites for hydroxylation is 1. The van der Waals surface area contributed by atoms with Crippen molar-refractivity contribution in [3.05, 3.63) is 72.4 Å². The number of urea groups is 1. The number of carbonyl (C=O) groups excluding carboxylic acids is 1. The molecule has 2 aromatic heterocycles. The zero-order valence-corrected chi connectivity index (χ0v) is 17.2. The molecule has 0 aliphatic carbocycles. The van der Waals surface area contributed by atoms with E-state index >= 15 is 0 Å². The molecular weight excluding hydrogens is 393 g/mol. The molecule has 0 bridgehead atoms. The second kappa shape index (κ2) is 7.83. The van der Waals surface area contributed by atoms with Gasteiger partial charge in [-0.15, -0.1) is 0 Å². The number of anilines is 1. The zero-order valence-electron chi connectivity index (χ0n) is 17.2. The van der Waals surface area contributed by atoms with Crippen molar-refractivity contribution in [3.63, 3.8) is 0 Å². The van der Waals surface area contributed by atoms with Gasteiger partial charge in [0.1, 0.15) is 5.82 Å². The van der Waals surface area contributed by atoms with Crippen LogP contribution in [0.25, 0.3) is 28.2 Å². The van der Waals surface area contributed by atoms with Gasteiger partial charge < -0.3 is 10.2 Å². The monoisotopic (exact) mass is 415 g/mol. The van der Waals surface area contributed by atoms with Crippen LogP contribution in [-0.2, 0) is 0 Å². The lowest BCUT2D eigenvalue weighted by atomic mass is 10.0. The van der Waals surface area contributed by atoms with Gasteiger partial charge in [0.2, 0.25) is 5.78 Å². The van der Waals surface area contributed by atoms with Gasteiger partial charge in [-0.05, 0) is 49.1 Å².